The minimum absolute atomic E-state index is 0.192. The summed E-state index contributed by atoms with van der Waals surface area (Å²) < 4.78 is 0. The van der Waals surface area contributed by atoms with E-state index in [1.165, 1.54) is 4.90 Å². The Balaban J connectivity index is 2.47. The van der Waals surface area contributed by atoms with E-state index in [1.807, 2.05) is 0 Å². The molecule has 1 aliphatic heterocycles. The van der Waals surface area contributed by atoms with E-state index in [4.69, 9.17) is 0 Å². The fraction of sp³-hybridized carbons (Fsp3) is 0.385. The van der Waals surface area contributed by atoms with Crippen LogP contribution in [-0.2, 0) is 9.59 Å². The number of hydrogen-bond donors (Lipinski definition) is 1. The Bertz CT molecular complexity index is 467. The number of carbonyl (C=O) groups excluding carboxylic acids is 2. The van der Waals surface area contributed by atoms with Gasteiger partial charge in [0.1, 0.15) is 0 Å². The van der Waals surface area contributed by atoms with Crippen molar-refractivity contribution in [3.05, 3.63) is 29.8 Å². The Morgan fingerprint density at radius 2 is 2.00 bits per heavy atom. The first kappa shape index (κ1) is 11.8. The highest BCUT2D eigenvalue weighted by molar-refractivity contribution is 6.21. The smallest absolute Gasteiger partial charge is 0.237 e. The van der Waals surface area contributed by atoms with Gasteiger partial charge in [-0.2, -0.15) is 0 Å². The van der Waals surface area contributed by atoms with Crippen LogP contribution in [0.3, 0.4) is 0 Å². The van der Waals surface area contributed by atoms with Crippen LogP contribution in [-0.4, -0.2) is 16.9 Å². The van der Waals surface area contributed by atoms with Gasteiger partial charge in [0.15, 0.2) is 0 Å². The molecule has 17 heavy (non-hydrogen) atoms. The standard InChI is InChI=1S/C13H15NO3/c1-8-7-12(16)14(13(8)17)11-6-4-3-5-10(11)9(2)15/h3-6,8-9,15H,7H2,1-2H3. The molecule has 1 heterocycles. The summed E-state index contributed by atoms with van der Waals surface area (Å²) >= 11 is 0. The molecule has 4 nitrogen and oxygen atoms in total. The van der Waals surface area contributed by atoms with Gasteiger partial charge in [-0.05, 0) is 13.0 Å². The summed E-state index contributed by atoms with van der Waals surface area (Å²) in [4.78, 5) is 24.9. The third kappa shape index (κ3) is 1.96. The second-order valence-electron chi connectivity index (χ2n) is 4.41. The first-order valence-corrected chi connectivity index (χ1v) is 5.66. The van der Waals surface area contributed by atoms with Crippen molar-refractivity contribution < 1.29 is 14.7 Å². The van der Waals surface area contributed by atoms with Gasteiger partial charge in [0.2, 0.25) is 11.8 Å². The number of nitrogens with zero attached hydrogens (tertiary/aromatic N) is 1. The van der Waals surface area contributed by atoms with Crippen LogP contribution in [0, 0.1) is 5.92 Å². The summed E-state index contributed by atoms with van der Waals surface area (Å²) in [5.74, 6) is -0.664. The fourth-order valence-electron chi connectivity index (χ4n) is 2.08. The first-order chi connectivity index (χ1) is 8.02. The van der Waals surface area contributed by atoms with Gasteiger partial charge in [-0.15, -0.1) is 0 Å². The third-order valence-corrected chi connectivity index (χ3v) is 3.00. The number of rotatable bonds is 2. The molecule has 2 atom stereocenters. The highest BCUT2D eigenvalue weighted by atomic mass is 16.3. The summed E-state index contributed by atoms with van der Waals surface area (Å²) in [6, 6.07) is 6.95. The maximum absolute atomic E-state index is 11.9. The van der Waals surface area contributed by atoms with Crippen molar-refractivity contribution in [3.8, 4) is 0 Å². The van der Waals surface area contributed by atoms with E-state index in [9.17, 15) is 14.7 Å². The van der Waals surface area contributed by atoms with Gasteiger partial charge in [-0.3, -0.25) is 9.59 Å². The van der Waals surface area contributed by atoms with Crippen molar-refractivity contribution in [2.24, 2.45) is 5.92 Å². The number of hydrogen-bond acceptors (Lipinski definition) is 3. The van der Waals surface area contributed by atoms with Crippen LogP contribution in [0.1, 0.15) is 31.9 Å². The van der Waals surface area contributed by atoms with Gasteiger partial charge < -0.3 is 5.11 Å². The average Bonchev–Trinajstić information content (AvgIpc) is 2.53. The number of para-hydroxylation sites is 1. The zero-order chi connectivity index (χ0) is 12.6. The van der Waals surface area contributed by atoms with E-state index >= 15 is 0 Å². The maximum atomic E-state index is 11.9. The van der Waals surface area contributed by atoms with Gasteiger partial charge in [-0.25, -0.2) is 4.90 Å². The Morgan fingerprint density at radius 3 is 2.53 bits per heavy atom. The Hall–Kier alpha value is -1.68. The molecule has 1 saturated heterocycles. The maximum Gasteiger partial charge on any atom is 0.237 e. The van der Waals surface area contributed by atoms with Crippen molar-refractivity contribution in [3.63, 3.8) is 0 Å². The van der Waals surface area contributed by atoms with Crippen LogP contribution in [0.4, 0.5) is 5.69 Å². The predicted molar refractivity (Wildman–Crippen MR) is 63.3 cm³/mol. The number of benzene rings is 1. The molecule has 0 radical (unpaired) electrons. The van der Waals surface area contributed by atoms with Gasteiger partial charge in [0.05, 0.1) is 11.8 Å². The van der Waals surface area contributed by atoms with Gasteiger partial charge in [0.25, 0.3) is 0 Å². The molecule has 0 aliphatic carbocycles. The largest absolute Gasteiger partial charge is 0.389 e. The molecular formula is C13H15NO3. The topological polar surface area (TPSA) is 57.6 Å². The second kappa shape index (κ2) is 4.30. The summed E-state index contributed by atoms with van der Waals surface area (Å²) in [5.41, 5.74) is 1.10. The number of amides is 2. The summed E-state index contributed by atoms with van der Waals surface area (Å²) in [5, 5.41) is 9.65. The van der Waals surface area contributed by atoms with Crippen LogP contribution in [0.25, 0.3) is 0 Å². The quantitative estimate of drug-likeness (QED) is 0.790. The Labute approximate surface area is 99.9 Å². The molecule has 0 aromatic heterocycles. The Morgan fingerprint density at radius 1 is 1.35 bits per heavy atom. The molecule has 1 aromatic rings. The van der Waals surface area contributed by atoms with Crippen LogP contribution in [0.2, 0.25) is 0 Å². The molecular weight excluding hydrogens is 218 g/mol. The third-order valence-electron chi connectivity index (χ3n) is 3.00. The van der Waals surface area contributed by atoms with Crippen molar-refractivity contribution in [2.45, 2.75) is 26.4 Å². The molecule has 1 aliphatic rings. The molecule has 0 saturated carbocycles. The highest BCUT2D eigenvalue weighted by Crippen LogP contribution is 2.31. The molecule has 2 rings (SSSR count). The lowest BCUT2D eigenvalue weighted by atomic mass is 10.1. The minimum atomic E-state index is -0.706. The van der Waals surface area contributed by atoms with E-state index in [0.717, 1.165) is 0 Å². The van der Waals surface area contributed by atoms with Crippen molar-refractivity contribution in [2.75, 3.05) is 4.90 Å². The first-order valence-electron chi connectivity index (χ1n) is 5.66. The van der Waals surface area contributed by atoms with Gasteiger partial charge in [-0.1, -0.05) is 25.1 Å². The molecule has 1 fully saturated rings. The molecule has 4 heteroatoms. The van der Waals surface area contributed by atoms with E-state index in [2.05, 4.69) is 0 Å². The Kier molecular flexibility index (Phi) is 2.98. The molecule has 0 bridgehead atoms. The average molecular weight is 233 g/mol. The van der Waals surface area contributed by atoms with Gasteiger partial charge in [0, 0.05) is 17.9 Å². The monoisotopic (exact) mass is 233 g/mol. The van der Waals surface area contributed by atoms with Crippen LogP contribution < -0.4 is 4.90 Å². The van der Waals surface area contributed by atoms with E-state index in [-0.39, 0.29) is 24.2 Å². The minimum Gasteiger partial charge on any atom is -0.389 e. The summed E-state index contributed by atoms with van der Waals surface area (Å²) in [6.07, 6.45) is -0.463. The molecule has 2 unspecified atom stereocenters. The second-order valence-corrected chi connectivity index (χ2v) is 4.41. The van der Waals surface area contributed by atoms with Crippen LogP contribution >= 0.6 is 0 Å². The van der Waals surface area contributed by atoms with Crippen LogP contribution in [0.5, 0.6) is 0 Å². The number of imide groups is 1. The fourth-order valence-corrected chi connectivity index (χ4v) is 2.08. The number of aliphatic hydroxyl groups is 1. The van der Waals surface area contributed by atoms with Crippen molar-refractivity contribution in [1.29, 1.82) is 0 Å². The molecule has 1 N–H and O–H groups in total. The predicted octanol–water partition coefficient (Wildman–Crippen LogP) is 1.64. The summed E-state index contributed by atoms with van der Waals surface area (Å²) in [6.45, 7) is 3.36. The number of carbonyl (C=O) groups is 2. The molecule has 1 aromatic carbocycles. The van der Waals surface area contributed by atoms with E-state index < -0.39 is 6.10 Å². The van der Waals surface area contributed by atoms with Crippen molar-refractivity contribution in [1.82, 2.24) is 0 Å². The molecule has 90 valence electrons. The highest BCUT2D eigenvalue weighted by Gasteiger charge is 2.37. The van der Waals surface area contributed by atoms with Crippen LogP contribution in [0.15, 0.2) is 24.3 Å². The lowest BCUT2D eigenvalue weighted by Gasteiger charge is -2.19. The van der Waals surface area contributed by atoms with Gasteiger partial charge >= 0.3 is 0 Å². The lowest BCUT2D eigenvalue weighted by molar-refractivity contribution is -0.122. The number of anilines is 1. The van der Waals surface area contributed by atoms with E-state index in [1.54, 1.807) is 38.1 Å². The molecule has 0 spiro atoms. The van der Waals surface area contributed by atoms with Crippen molar-refractivity contribution >= 4 is 17.5 Å². The SMILES string of the molecule is CC1CC(=O)N(c2ccccc2C(C)O)C1=O. The normalized spacial score (nSPS) is 22.1. The summed E-state index contributed by atoms with van der Waals surface area (Å²) in [7, 11) is 0. The lowest BCUT2D eigenvalue weighted by Crippen LogP contribution is -2.31. The zero-order valence-electron chi connectivity index (χ0n) is 9.88. The number of aliphatic hydroxyl groups excluding tert-OH is 1. The molecule has 2 amide bonds. The van der Waals surface area contributed by atoms with E-state index in [0.29, 0.717) is 11.3 Å². The zero-order valence-corrected chi connectivity index (χ0v) is 9.88.